The molecule has 242 valence electrons. The molecule has 6 rings (SSSR count). The van der Waals surface area contributed by atoms with E-state index in [4.69, 9.17) is 11.6 Å². The number of likely N-dealkylation sites (N-methyl/N-ethyl adjacent to an activating group) is 1. The summed E-state index contributed by atoms with van der Waals surface area (Å²) in [7, 11) is 2.07. The van der Waals surface area contributed by atoms with Crippen LogP contribution in [0, 0.1) is 5.82 Å². The number of benzene rings is 1. The maximum Gasteiger partial charge on any atom is 0.275 e. The molecule has 3 aromatic heterocycles. The van der Waals surface area contributed by atoms with Gasteiger partial charge in [0.25, 0.3) is 12.3 Å². The van der Waals surface area contributed by atoms with Crippen LogP contribution in [0.5, 0.6) is 0 Å². The van der Waals surface area contributed by atoms with Crippen LogP contribution in [0.15, 0.2) is 49.3 Å². The number of rotatable bonds is 10. The van der Waals surface area contributed by atoms with Crippen molar-refractivity contribution in [2.24, 2.45) is 0 Å². The Morgan fingerprint density at radius 3 is 2.61 bits per heavy atom. The maximum absolute atomic E-state index is 14.8. The molecule has 1 unspecified atom stereocenters. The second kappa shape index (κ2) is 13.3. The molecule has 0 bridgehead atoms. The lowest BCUT2D eigenvalue weighted by atomic mass is 10.0. The Morgan fingerprint density at radius 2 is 1.93 bits per heavy atom. The first-order chi connectivity index (χ1) is 22.1. The zero-order valence-electron chi connectivity index (χ0n) is 25.2. The SMILES string of the molecule is CC(c1cnc(N2CC[C@H]2CN(C)[C@H]2CCC[C@@H]2O)nc1)n1cc(NC(=O)c2cncc(-c3c(C(F)F)ccc(Cl)c3F)n2)cn1. The largest absolute Gasteiger partial charge is 0.391 e. The van der Waals surface area contributed by atoms with Crippen molar-refractivity contribution in [2.45, 2.75) is 63.3 Å². The highest BCUT2D eigenvalue weighted by molar-refractivity contribution is 6.31. The van der Waals surface area contributed by atoms with Crippen LogP contribution in [-0.4, -0.2) is 84.0 Å². The lowest BCUT2D eigenvalue weighted by Gasteiger charge is -2.44. The van der Waals surface area contributed by atoms with E-state index in [2.05, 4.69) is 47.2 Å². The molecule has 46 heavy (non-hydrogen) atoms. The molecular weight excluding hydrogens is 623 g/mol. The van der Waals surface area contributed by atoms with Crippen molar-refractivity contribution >= 4 is 29.1 Å². The number of halogens is 4. The number of aliphatic hydroxyl groups excluding tert-OH is 1. The maximum atomic E-state index is 14.8. The molecule has 4 atom stereocenters. The normalized spacial score (nSPS) is 20.3. The van der Waals surface area contributed by atoms with Gasteiger partial charge in [-0.15, -0.1) is 0 Å². The van der Waals surface area contributed by atoms with Crippen LogP contribution in [0.25, 0.3) is 11.3 Å². The van der Waals surface area contributed by atoms with Crippen molar-refractivity contribution in [1.29, 1.82) is 0 Å². The molecule has 1 aromatic carbocycles. The van der Waals surface area contributed by atoms with Gasteiger partial charge in [-0.1, -0.05) is 17.7 Å². The molecule has 1 aliphatic heterocycles. The molecular formula is C31H33ClF3N9O2. The summed E-state index contributed by atoms with van der Waals surface area (Å²) in [6.07, 6.45) is 9.55. The van der Waals surface area contributed by atoms with Gasteiger partial charge in [-0.25, -0.2) is 28.1 Å². The monoisotopic (exact) mass is 655 g/mol. The van der Waals surface area contributed by atoms with Gasteiger partial charge in [-0.2, -0.15) is 5.10 Å². The van der Waals surface area contributed by atoms with Crippen molar-refractivity contribution in [3.05, 3.63) is 77.0 Å². The number of alkyl halides is 2. The van der Waals surface area contributed by atoms with Gasteiger partial charge >= 0.3 is 0 Å². The summed E-state index contributed by atoms with van der Waals surface area (Å²) < 4.78 is 43.6. The summed E-state index contributed by atoms with van der Waals surface area (Å²) in [5.41, 5.74) is -0.427. The number of hydrogen-bond acceptors (Lipinski definition) is 9. The first-order valence-electron chi connectivity index (χ1n) is 15.0. The van der Waals surface area contributed by atoms with Crippen molar-refractivity contribution in [1.82, 2.24) is 34.6 Å². The number of aromatic nitrogens is 6. The van der Waals surface area contributed by atoms with E-state index in [-0.39, 0.29) is 34.6 Å². The van der Waals surface area contributed by atoms with Crippen LogP contribution < -0.4 is 10.2 Å². The highest BCUT2D eigenvalue weighted by Crippen LogP contribution is 2.35. The molecule has 1 saturated heterocycles. The molecule has 2 aliphatic rings. The zero-order valence-corrected chi connectivity index (χ0v) is 25.9. The van der Waals surface area contributed by atoms with Crippen LogP contribution in [0.4, 0.5) is 24.8 Å². The number of nitrogens with one attached hydrogen (secondary N) is 1. The topological polar surface area (TPSA) is 125 Å². The van der Waals surface area contributed by atoms with E-state index in [9.17, 15) is 23.1 Å². The highest BCUT2D eigenvalue weighted by atomic mass is 35.5. The van der Waals surface area contributed by atoms with Crippen molar-refractivity contribution in [2.75, 3.05) is 30.4 Å². The fraction of sp³-hybridized carbons (Fsp3) is 0.419. The Morgan fingerprint density at radius 1 is 1.15 bits per heavy atom. The predicted octanol–water partition coefficient (Wildman–Crippen LogP) is 5.15. The van der Waals surface area contributed by atoms with E-state index < -0.39 is 29.3 Å². The Hall–Kier alpha value is -4.14. The van der Waals surface area contributed by atoms with Crippen LogP contribution in [0.3, 0.4) is 0 Å². The van der Waals surface area contributed by atoms with Crippen LogP contribution >= 0.6 is 11.6 Å². The van der Waals surface area contributed by atoms with Gasteiger partial charge in [0.2, 0.25) is 5.95 Å². The molecule has 2 fully saturated rings. The van der Waals surface area contributed by atoms with Crippen molar-refractivity contribution in [3.63, 3.8) is 0 Å². The highest BCUT2D eigenvalue weighted by Gasteiger charge is 2.35. The summed E-state index contributed by atoms with van der Waals surface area (Å²) in [4.78, 5) is 34.6. The minimum absolute atomic E-state index is 0.202. The van der Waals surface area contributed by atoms with E-state index in [1.54, 1.807) is 23.3 Å². The number of anilines is 2. The van der Waals surface area contributed by atoms with Gasteiger partial charge in [0.1, 0.15) is 5.69 Å². The number of carbonyl (C=O) groups is 1. The predicted molar refractivity (Wildman–Crippen MR) is 165 cm³/mol. The lowest BCUT2D eigenvalue weighted by molar-refractivity contribution is 0.0788. The summed E-state index contributed by atoms with van der Waals surface area (Å²) in [6, 6.07) is 2.28. The molecule has 0 spiro atoms. The lowest BCUT2D eigenvalue weighted by Crippen LogP contribution is -2.55. The number of amides is 1. The molecule has 1 aliphatic carbocycles. The second-order valence-corrected chi connectivity index (χ2v) is 12.1. The molecule has 4 aromatic rings. The van der Waals surface area contributed by atoms with E-state index in [1.165, 1.54) is 6.20 Å². The van der Waals surface area contributed by atoms with Crippen LogP contribution in [0.2, 0.25) is 5.02 Å². The minimum atomic E-state index is -2.99. The Labute approximate surface area is 268 Å². The van der Waals surface area contributed by atoms with Gasteiger partial charge in [0, 0.05) is 60.5 Å². The Balaban J connectivity index is 1.10. The molecule has 2 N–H and O–H groups in total. The average Bonchev–Trinajstić information content (AvgIpc) is 3.69. The summed E-state index contributed by atoms with van der Waals surface area (Å²) in [5.74, 6) is -1.11. The molecule has 1 amide bonds. The van der Waals surface area contributed by atoms with Gasteiger partial charge in [-0.05, 0) is 45.7 Å². The van der Waals surface area contributed by atoms with Gasteiger partial charge in [0.15, 0.2) is 5.82 Å². The van der Waals surface area contributed by atoms with Gasteiger partial charge in [-0.3, -0.25) is 19.4 Å². The summed E-state index contributed by atoms with van der Waals surface area (Å²) in [6.45, 7) is 3.63. The fourth-order valence-electron chi connectivity index (χ4n) is 6.06. The molecule has 1 saturated carbocycles. The zero-order chi connectivity index (χ0) is 32.5. The van der Waals surface area contributed by atoms with Crippen molar-refractivity contribution < 1.29 is 23.1 Å². The third-order valence-corrected chi connectivity index (χ3v) is 9.08. The van der Waals surface area contributed by atoms with Crippen molar-refractivity contribution in [3.8, 4) is 11.3 Å². The smallest absolute Gasteiger partial charge is 0.275 e. The van der Waals surface area contributed by atoms with E-state index >= 15 is 0 Å². The summed E-state index contributed by atoms with van der Waals surface area (Å²) in [5, 5.41) is 16.9. The van der Waals surface area contributed by atoms with Gasteiger partial charge in [0.05, 0.1) is 47.1 Å². The third-order valence-electron chi connectivity index (χ3n) is 8.79. The molecule has 15 heteroatoms. The van der Waals surface area contributed by atoms with Gasteiger partial charge < -0.3 is 15.3 Å². The third kappa shape index (κ3) is 6.42. The Kier molecular flexibility index (Phi) is 9.20. The van der Waals surface area contributed by atoms with E-state index in [0.717, 1.165) is 68.9 Å². The second-order valence-electron chi connectivity index (χ2n) is 11.7. The standard InChI is InChI=1S/C31H33ClF3N9O2/c1-17(18-10-37-31(38-11-18)43-9-8-20(43)16-42(2)25-4-3-5-26(25)45)44-15-19(12-39-44)40-30(46)24-14-36-13-23(41-24)27-21(29(34)35)6-7-22(32)28(27)33/h6-7,10-15,17,20,25-26,29,45H,3-5,8-9,16H2,1-2H3,(H,40,46)/t17?,20-,25-,26-/m0/s1. The molecule has 11 nitrogen and oxygen atoms in total. The number of aliphatic hydroxyl groups is 1. The Bertz CT molecular complexity index is 1710. The number of nitrogens with zero attached hydrogens (tertiary/aromatic N) is 8. The number of hydrogen-bond donors (Lipinski definition) is 2. The fourth-order valence-corrected chi connectivity index (χ4v) is 6.22. The quantitative estimate of drug-likeness (QED) is 0.239. The average molecular weight is 656 g/mol. The number of carbonyl (C=O) groups excluding carboxylic acids is 1. The molecule has 4 heterocycles. The van der Waals surface area contributed by atoms with E-state index in [0.29, 0.717) is 17.7 Å². The summed E-state index contributed by atoms with van der Waals surface area (Å²) >= 11 is 5.82. The first-order valence-corrected chi connectivity index (χ1v) is 15.4. The first kappa shape index (κ1) is 31.8. The van der Waals surface area contributed by atoms with Crippen LogP contribution in [0.1, 0.15) is 66.7 Å². The van der Waals surface area contributed by atoms with E-state index in [1.807, 2.05) is 6.92 Å². The molecule has 0 radical (unpaired) electrons. The van der Waals surface area contributed by atoms with Crippen LogP contribution in [-0.2, 0) is 0 Å². The minimum Gasteiger partial charge on any atom is -0.391 e.